The predicted octanol–water partition coefficient (Wildman–Crippen LogP) is 2.61. The third kappa shape index (κ3) is 1.58. The van der Waals surface area contributed by atoms with Gasteiger partial charge < -0.3 is 4.74 Å². The SMILES string of the molecule is CCOc1ccc2nc([NH])sc2c1. The standard InChI is InChI=1S/C9H9N2OS/c1-2-12-6-3-4-7-8(5-6)13-9(10)11-7/h3-5,10H,2H2,1H3. The van der Waals surface area contributed by atoms with Crippen LogP contribution >= 0.6 is 11.3 Å². The summed E-state index contributed by atoms with van der Waals surface area (Å²) in [6.45, 7) is 2.62. The van der Waals surface area contributed by atoms with Gasteiger partial charge in [0.2, 0.25) is 5.13 Å². The first kappa shape index (κ1) is 8.31. The summed E-state index contributed by atoms with van der Waals surface area (Å²) in [6.07, 6.45) is 0. The van der Waals surface area contributed by atoms with Crippen LogP contribution in [0, 0.1) is 0 Å². The van der Waals surface area contributed by atoms with Crippen molar-refractivity contribution in [3.05, 3.63) is 18.2 Å². The molecule has 0 saturated carbocycles. The first-order chi connectivity index (χ1) is 6.29. The van der Waals surface area contributed by atoms with E-state index in [0.717, 1.165) is 16.0 Å². The number of rotatable bonds is 2. The Balaban J connectivity index is 2.48. The fourth-order valence-corrected chi connectivity index (χ4v) is 1.91. The first-order valence-corrected chi connectivity index (χ1v) is 4.86. The second-order valence-electron chi connectivity index (χ2n) is 2.58. The average Bonchev–Trinajstić information content (AvgIpc) is 2.44. The number of fused-ring (bicyclic) bond motifs is 1. The van der Waals surface area contributed by atoms with Crippen molar-refractivity contribution in [1.29, 1.82) is 0 Å². The highest BCUT2D eigenvalue weighted by Gasteiger charge is 2.02. The van der Waals surface area contributed by atoms with Crippen LogP contribution in [0.25, 0.3) is 10.2 Å². The van der Waals surface area contributed by atoms with Gasteiger partial charge in [-0.2, -0.15) is 0 Å². The van der Waals surface area contributed by atoms with Crippen LogP contribution in [-0.2, 0) is 0 Å². The number of nitrogens with zero attached hydrogens (tertiary/aromatic N) is 1. The maximum atomic E-state index is 7.36. The van der Waals surface area contributed by atoms with Crippen molar-refractivity contribution >= 4 is 26.7 Å². The third-order valence-corrected chi connectivity index (χ3v) is 2.50. The van der Waals surface area contributed by atoms with Gasteiger partial charge in [0.1, 0.15) is 5.75 Å². The van der Waals surface area contributed by atoms with Crippen molar-refractivity contribution in [1.82, 2.24) is 10.7 Å². The van der Waals surface area contributed by atoms with Gasteiger partial charge in [0.05, 0.1) is 16.8 Å². The Labute approximate surface area is 80.2 Å². The second-order valence-corrected chi connectivity index (χ2v) is 3.61. The molecule has 0 saturated heterocycles. The van der Waals surface area contributed by atoms with Crippen molar-refractivity contribution in [3.8, 4) is 5.75 Å². The van der Waals surface area contributed by atoms with Gasteiger partial charge in [0, 0.05) is 0 Å². The Bertz CT molecular complexity index is 424. The van der Waals surface area contributed by atoms with Crippen LogP contribution in [0.5, 0.6) is 5.75 Å². The molecule has 2 rings (SSSR count). The highest BCUT2D eigenvalue weighted by Crippen LogP contribution is 2.27. The molecule has 2 aromatic rings. The quantitative estimate of drug-likeness (QED) is 0.736. The number of benzene rings is 1. The van der Waals surface area contributed by atoms with Crippen LogP contribution in [-0.4, -0.2) is 11.6 Å². The van der Waals surface area contributed by atoms with Gasteiger partial charge in [-0.25, -0.2) is 4.98 Å². The minimum atomic E-state index is 0.351. The number of hydrogen-bond acceptors (Lipinski definition) is 3. The lowest BCUT2D eigenvalue weighted by atomic mass is 10.3. The van der Waals surface area contributed by atoms with Crippen LogP contribution in [0.2, 0.25) is 0 Å². The average molecular weight is 193 g/mol. The van der Waals surface area contributed by atoms with E-state index in [2.05, 4.69) is 4.98 Å². The lowest BCUT2D eigenvalue weighted by Crippen LogP contribution is -1.89. The number of ether oxygens (including phenoxy) is 1. The molecule has 0 atom stereocenters. The molecule has 0 aliphatic rings. The van der Waals surface area contributed by atoms with E-state index < -0.39 is 0 Å². The normalized spacial score (nSPS) is 10.5. The fraction of sp³-hybridized carbons (Fsp3) is 0.222. The number of hydrogen-bond donors (Lipinski definition) is 0. The van der Waals surface area contributed by atoms with E-state index in [-0.39, 0.29) is 0 Å². The molecule has 1 radical (unpaired) electrons. The molecular formula is C9H9N2OS. The van der Waals surface area contributed by atoms with Crippen molar-refractivity contribution in [2.45, 2.75) is 6.92 Å². The molecule has 1 aromatic carbocycles. The smallest absolute Gasteiger partial charge is 0.202 e. The van der Waals surface area contributed by atoms with Gasteiger partial charge in [-0.15, -0.1) is 0 Å². The van der Waals surface area contributed by atoms with Gasteiger partial charge in [0.25, 0.3) is 0 Å². The van der Waals surface area contributed by atoms with Crippen molar-refractivity contribution in [2.24, 2.45) is 0 Å². The summed E-state index contributed by atoms with van der Waals surface area (Å²) in [5.41, 5.74) is 8.24. The monoisotopic (exact) mass is 193 g/mol. The number of aromatic nitrogens is 1. The van der Waals surface area contributed by atoms with Crippen LogP contribution in [0.1, 0.15) is 6.92 Å². The Morgan fingerprint density at radius 3 is 3.15 bits per heavy atom. The molecule has 3 nitrogen and oxygen atoms in total. The zero-order chi connectivity index (χ0) is 9.26. The molecule has 1 N–H and O–H groups in total. The molecule has 1 heterocycles. The van der Waals surface area contributed by atoms with E-state index in [1.165, 1.54) is 11.3 Å². The van der Waals surface area contributed by atoms with E-state index in [4.69, 9.17) is 10.5 Å². The van der Waals surface area contributed by atoms with Crippen molar-refractivity contribution < 1.29 is 4.74 Å². The molecular weight excluding hydrogens is 184 g/mol. The van der Waals surface area contributed by atoms with E-state index in [9.17, 15) is 0 Å². The van der Waals surface area contributed by atoms with Gasteiger partial charge in [0.15, 0.2) is 0 Å². The Morgan fingerprint density at radius 1 is 1.54 bits per heavy atom. The summed E-state index contributed by atoms with van der Waals surface area (Å²) in [6, 6.07) is 5.69. The number of thiazole rings is 1. The lowest BCUT2D eigenvalue weighted by Gasteiger charge is -2.00. The Hall–Kier alpha value is -1.29. The topological polar surface area (TPSA) is 45.9 Å². The summed E-state index contributed by atoms with van der Waals surface area (Å²) in [5.74, 6) is 0.846. The van der Waals surface area contributed by atoms with E-state index >= 15 is 0 Å². The maximum absolute atomic E-state index is 7.36. The largest absolute Gasteiger partial charge is 0.494 e. The fourth-order valence-electron chi connectivity index (χ4n) is 1.16. The summed E-state index contributed by atoms with van der Waals surface area (Å²) in [5, 5.41) is 0.351. The molecule has 67 valence electrons. The summed E-state index contributed by atoms with van der Waals surface area (Å²) >= 11 is 1.37. The Kier molecular flexibility index (Phi) is 2.06. The highest BCUT2D eigenvalue weighted by atomic mass is 32.1. The lowest BCUT2D eigenvalue weighted by molar-refractivity contribution is 0.341. The molecule has 0 amide bonds. The Morgan fingerprint density at radius 2 is 2.38 bits per heavy atom. The van der Waals surface area contributed by atoms with E-state index in [0.29, 0.717) is 11.7 Å². The highest BCUT2D eigenvalue weighted by molar-refractivity contribution is 7.21. The van der Waals surface area contributed by atoms with Gasteiger partial charge in [-0.05, 0) is 25.1 Å². The molecule has 0 aliphatic heterocycles. The third-order valence-electron chi connectivity index (χ3n) is 1.67. The molecule has 13 heavy (non-hydrogen) atoms. The van der Waals surface area contributed by atoms with Crippen molar-refractivity contribution in [3.63, 3.8) is 0 Å². The molecule has 4 heteroatoms. The minimum Gasteiger partial charge on any atom is -0.494 e. The molecule has 1 aromatic heterocycles. The second kappa shape index (κ2) is 3.22. The molecule has 0 spiro atoms. The number of nitrogens with one attached hydrogen (secondary N) is 1. The van der Waals surface area contributed by atoms with Crippen LogP contribution in [0.3, 0.4) is 0 Å². The maximum Gasteiger partial charge on any atom is 0.202 e. The first-order valence-electron chi connectivity index (χ1n) is 4.04. The van der Waals surface area contributed by atoms with E-state index in [1.807, 2.05) is 25.1 Å². The zero-order valence-corrected chi connectivity index (χ0v) is 8.02. The minimum absolute atomic E-state index is 0.351. The van der Waals surface area contributed by atoms with E-state index in [1.54, 1.807) is 0 Å². The van der Waals surface area contributed by atoms with Gasteiger partial charge >= 0.3 is 0 Å². The van der Waals surface area contributed by atoms with Crippen molar-refractivity contribution in [2.75, 3.05) is 6.61 Å². The molecule has 0 bridgehead atoms. The zero-order valence-electron chi connectivity index (χ0n) is 7.20. The van der Waals surface area contributed by atoms with Crippen LogP contribution < -0.4 is 10.5 Å². The summed E-state index contributed by atoms with van der Waals surface area (Å²) < 4.78 is 6.35. The van der Waals surface area contributed by atoms with Crippen LogP contribution in [0.4, 0.5) is 5.13 Å². The van der Waals surface area contributed by atoms with Gasteiger partial charge in [-0.1, -0.05) is 11.3 Å². The molecule has 0 aliphatic carbocycles. The molecule has 0 unspecified atom stereocenters. The molecule has 0 fully saturated rings. The summed E-state index contributed by atoms with van der Waals surface area (Å²) in [7, 11) is 0. The summed E-state index contributed by atoms with van der Waals surface area (Å²) in [4.78, 5) is 4.04. The predicted molar refractivity (Wildman–Crippen MR) is 53.5 cm³/mol. The van der Waals surface area contributed by atoms with Crippen LogP contribution in [0.15, 0.2) is 18.2 Å². The van der Waals surface area contributed by atoms with Gasteiger partial charge in [-0.3, -0.25) is 5.73 Å².